The summed E-state index contributed by atoms with van der Waals surface area (Å²) in [4.78, 5) is 17.3. The summed E-state index contributed by atoms with van der Waals surface area (Å²) in [5, 5.41) is 9.11. The molecule has 0 spiro atoms. The number of nitrogens with one attached hydrogen (secondary N) is 1. The molecule has 6 heteroatoms. The van der Waals surface area contributed by atoms with Gasteiger partial charge in [-0.25, -0.2) is 9.67 Å². The van der Waals surface area contributed by atoms with Crippen molar-refractivity contribution in [3.63, 3.8) is 0 Å². The molecule has 5 nitrogen and oxygen atoms in total. The highest BCUT2D eigenvalue weighted by Crippen LogP contribution is 2.41. The fourth-order valence-electron chi connectivity index (χ4n) is 3.24. The molecule has 1 fully saturated rings. The zero-order valence-corrected chi connectivity index (χ0v) is 15.6. The number of nitrogens with zero attached hydrogens (tertiary/aromatic N) is 3. The first kappa shape index (κ1) is 17.0. The molecule has 4 rings (SSSR count). The van der Waals surface area contributed by atoms with Gasteiger partial charge in [0.05, 0.1) is 17.8 Å². The minimum Gasteiger partial charge on any atom is -0.345 e. The smallest absolute Gasteiger partial charge is 0.253 e. The standard InChI is InChI=1S/C20H21ClN4O/c1-12(2)25-19-15(11-23-25)9-16(10-22-19)20(26)24-18(13-3-4-13)14-5-7-17(21)8-6-14/h5-13,18H,3-4H2,1-2H3,(H,24,26). The normalized spacial score (nSPS) is 15.4. The molecule has 1 aliphatic rings. The molecule has 1 atom stereocenters. The summed E-state index contributed by atoms with van der Waals surface area (Å²) in [6.07, 6.45) is 5.65. The van der Waals surface area contributed by atoms with Crippen molar-refractivity contribution in [3.05, 3.63) is 58.9 Å². The fourth-order valence-corrected chi connectivity index (χ4v) is 3.37. The van der Waals surface area contributed by atoms with Crippen molar-refractivity contribution in [2.24, 2.45) is 5.92 Å². The third kappa shape index (κ3) is 3.31. The molecule has 1 amide bonds. The number of aromatic nitrogens is 3. The van der Waals surface area contributed by atoms with Gasteiger partial charge in [-0.3, -0.25) is 4.79 Å². The number of hydrogen-bond donors (Lipinski definition) is 1. The molecule has 1 aliphatic carbocycles. The van der Waals surface area contributed by atoms with Crippen LogP contribution in [0.3, 0.4) is 0 Å². The Labute approximate surface area is 157 Å². The molecule has 26 heavy (non-hydrogen) atoms. The minimum atomic E-state index is -0.108. The van der Waals surface area contributed by atoms with Crippen LogP contribution in [-0.2, 0) is 0 Å². The maximum Gasteiger partial charge on any atom is 0.253 e. The van der Waals surface area contributed by atoms with E-state index >= 15 is 0 Å². The third-order valence-electron chi connectivity index (χ3n) is 4.79. The van der Waals surface area contributed by atoms with E-state index < -0.39 is 0 Å². The Morgan fingerprint density at radius 2 is 1.96 bits per heavy atom. The van der Waals surface area contributed by atoms with Crippen molar-refractivity contribution in [1.29, 1.82) is 0 Å². The monoisotopic (exact) mass is 368 g/mol. The van der Waals surface area contributed by atoms with E-state index in [0.29, 0.717) is 16.5 Å². The predicted octanol–water partition coefficient (Wildman–Crippen LogP) is 4.55. The predicted molar refractivity (Wildman–Crippen MR) is 102 cm³/mol. The van der Waals surface area contributed by atoms with Gasteiger partial charge in [-0.15, -0.1) is 0 Å². The van der Waals surface area contributed by atoms with Gasteiger partial charge in [0, 0.05) is 22.6 Å². The van der Waals surface area contributed by atoms with Gasteiger partial charge >= 0.3 is 0 Å². The second-order valence-corrected chi connectivity index (χ2v) is 7.60. The molecule has 3 aromatic rings. The van der Waals surface area contributed by atoms with Crippen LogP contribution < -0.4 is 5.32 Å². The number of amides is 1. The number of fused-ring (bicyclic) bond motifs is 1. The molecule has 1 aromatic carbocycles. The average Bonchev–Trinajstić information content (AvgIpc) is 3.38. The van der Waals surface area contributed by atoms with Gasteiger partial charge in [0.1, 0.15) is 0 Å². The molecule has 134 valence electrons. The molecule has 1 unspecified atom stereocenters. The maximum absolute atomic E-state index is 12.8. The molecule has 0 saturated heterocycles. The molecule has 2 aromatic heterocycles. The van der Waals surface area contributed by atoms with Crippen LogP contribution in [0.15, 0.2) is 42.7 Å². The Hall–Kier alpha value is -2.40. The molecule has 1 saturated carbocycles. The minimum absolute atomic E-state index is 0.00820. The first-order valence-electron chi connectivity index (χ1n) is 8.92. The molecule has 1 N–H and O–H groups in total. The molecule has 0 radical (unpaired) electrons. The van der Waals surface area contributed by atoms with E-state index in [0.717, 1.165) is 29.4 Å². The molecule has 2 heterocycles. The second kappa shape index (κ2) is 6.72. The summed E-state index contributed by atoms with van der Waals surface area (Å²) in [7, 11) is 0. The van der Waals surface area contributed by atoms with E-state index in [2.05, 4.69) is 29.2 Å². The van der Waals surface area contributed by atoms with Gasteiger partial charge in [-0.2, -0.15) is 5.10 Å². The van der Waals surface area contributed by atoms with Crippen molar-refractivity contribution < 1.29 is 4.79 Å². The molecule has 0 aliphatic heterocycles. The van der Waals surface area contributed by atoms with Crippen LogP contribution in [0.25, 0.3) is 11.0 Å². The van der Waals surface area contributed by atoms with Crippen LogP contribution in [0.4, 0.5) is 0 Å². The summed E-state index contributed by atoms with van der Waals surface area (Å²) in [5.74, 6) is 0.379. The quantitative estimate of drug-likeness (QED) is 0.718. The maximum atomic E-state index is 12.8. The van der Waals surface area contributed by atoms with Crippen molar-refractivity contribution in [2.75, 3.05) is 0 Å². The Morgan fingerprint density at radius 1 is 1.23 bits per heavy atom. The lowest BCUT2D eigenvalue weighted by Gasteiger charge is -2.19. The van der Waals surface area contributed by atoms with Crippen LogP contribution in [0.2, 0.25) is 5.02 Å². The highest BCUT2D eigenvalue weighted by Gasteiger charge is 2.33. The summed E-state index contributed by atoms with van der Waals surface area (Å²) < 4.78 is 1.86. The van der Waals surface area contributed by atoms with Crippen molar-refractivity contribution in [2.45, 2.75) is 38.8 Å². The van der Waals surface area contributed by atoms with Crippen LogP contribution in [-0.4, -0.2) is 20.7 Å². The number of benzene rings is 1. The number of halogens is 1. The van der Waals surface area contributed by atoms with Gasteiger partial charge < -0.3 is 5.32 Å². The lowest BCUT2D eigenvalue weighted by molar-refractivity contribution is 0.0931. The number of rotatable bonds is 5. The average molecular weight is 369 g/mol. The Morgan fingerprint density at radius 3 is 2.62 bits per heavy atom. The number of carbonyl (C=O) groups excluding carboxylic acids is 1. The van der Waals surface area contributed by atoms with Gasteiger partial charge in [-0.1, -0.05) is 23.7 Å². The Balaban J connectivity index is 1.58. The summed E-state index contributed by atoms with van der Waals surface area (Å²) in [6, 6.07) is 9.80. The van der Waals surface area contributed by atoms with Gasteiger partial charge in [0.2, 0.25) is 0 Å². The van der Waals surface area contributed by atoms with Crippen molar-refractivity contribution in [1.82, 2.24) is 20.1 Å². The molecule has 0 bridgehead atoms. The molecular weight excluding hydrogens is 348 g/mol. The van der Waals surface area contributed by atoms with E-state index in [1.54, 1.807) is 12.4 Å². The topological polar surface area (TPSA) is 59.8 Å². The van der Waals surface area contributed by atoms with Crippen LogP contribution in [0.1, 0.15) is 54.7 Å². The summed E-state index contributed by atoms with van der Waals surface area (Å²) in [6.45, 7) is 4.11. The van der Waals surface area contributed by atoms with E-state index in [-0.39, 0.29) is 18.0 Å². The first-order chi connectivity index (χ1) is 12.5. The van der Waals surface area contributed by atoms with E-state index in [1.165, 1.54) is 0 Å². The largest absolute Gasteiger partial charge is 0.345 e. The second-order valence-electron chi connectivity index (χ2n) is 7.16. The van der Waals surface area contributed by atoms with Crippen molar-refractivity contribution >= 4 is 28.5 Å². The lowest BCUT2D eigenvalue weighted by atomic mass is 10.0. The Kier molecular flexibility index (Phi) is 4.41. The zero-order chi connectivity index (χ0) is 18.3. The highest BCUT2D eigenvalue weighted by molar-refractivity contribution is 6.30. The van der Waals surface area contributed by atoms with Crippen molar-refractivity contribution in [3.8, 4) is 0 Å². The molecular formula is C20H21ClN4O. The van der Waals surface area contributed by atoms with Gasteiger partial charge in [-0.05, 0) is 56.4 Å². The number of carbonyl (C=O) groups is 1. The van der Waals surface area contributed by atoms with Gasteiger partial charge in [0.15, 0.2) is 5.65 Å². The number of hydrogen-bond acceptors (Lipinski definition) is 3. The summed E-state index contributed by atoms with van der Waals surface area (Å²) >= 11 is 5.99. The highest BCUT2D eigenvalue weighted by atomic mass is 35.5. The SMILES string of the molecule is CC(C)n1ncc2cc(C(=O)NC(c3ccc(Cl)cc3)C3CC3)cnc21. The lowest BCUT2D eigenvalue weighted by Crippen LogP contribution is -2.30. The Bertz CT molecular complexity index is 944. The van der Waals surface area contributed by atoms with E-state index in [4.69, 9.17) is 11.6 Å². The van der Waals surface area contributed by atoms with Crippen LogP contribution in [0.5, 0.6) is 0 Å². The van der Waals surface area contributed by atoms with E-state index in [1.807, 2.05) is 35.0 Å². The number of pyridine rings is 1. The zero-order valence-electron chi connectivity index (χ0n) is 14.8. The first-order valence-corrected chi connectivity index (χ1v) is 9.30. The van der Waals surface area contributed by atoms with Crippen LogP contribution >= 0.6 is 11.6 Å². The summed E-state index contributed by atoms with van der Waals surface area (Å²) in [5.41, 5.74) is 2.44. The van der Waals surface area contributed by atoms with Crippen LogP contribution in [0, 0.1) is 5.92 Å². The van der Waals surface area contributed by atoms with E-state index in [9.17, 15) is 4.79 Å². The third-order valence-corrected chi connectivity index (χ3v) is 5.05. The fraction of sp³-hybridized carbons (Fsp3) is 0.350. The van der Waals surface area contributed by atoms with Gasteiger partial charge in [0.25, 0.3) is 5.91 Å².